The number of amides is 1. The predicted octanol–water partition coefficient (Wildman–Crippen LogP) is 6.10. The molecule has 0 aliphatic heterocycles. The molecule has 4 heterocycles. The number of fused-ring (bicyclic) bond motifs is 1. The fraction of sp³-hybridized carbons (Fsp3) is 0.296. The normalized spacial score (nSPS) is 11.8. The molecule has 0 unspecified atom stereocenters. The Bertz CT molecular complexity index is 1670. The van der Waals surface area contributed by atoms with Crippen molar-refractivity contribution < 1.29 is 26.8 Å². The van der Waals surface area contributed by atoms with Crippen LogP contribution in [0.2, 0.25) is 0 Å². The molecule has 14 heteroatoms. The number of hydrogen-bond donors (Lipinski definition) is 1. The zero-order chi connectivity index (χ0) is 28.6. The summed E-state index contributed by atoms with van der Waals surface area (Å²) in [6, 6.07) is 6.21. The number of carbonyl (C=O) groups is 1. The molecule has 0 aliphatic carbocycles. The standard InChI is InChI=1S/C27H25F4N7O2.ClH/c1-27(2,3)26-36-20(13-40-26)25(39)32-8-16-5-4-15(6-19(16)24(30)31)23-21-7-17(11-38(21)35-14-33-23)18-9-34-37(10-18)12-22(28)29;/h4-7,9-11,13-14,22,24H,8,12H2,1-3H3,(H,32,39);1H. The molecule has 9 nitrogen and oxygen atoms in total. The Hall–Kier alpha value is -4.26. The summed E-state index contributed by atoms with van der Waals surface area (Å²) in [5, 5.41) is 10.8. The van der Waals surface area contributed by atoms with Crippen LogP contribution >= 0.6 is 12.4 Å². The summed E-state index contributed by atoms with van der Waals surface area (Å²) < 4.78 is 61.6. The minimum Gasteiger partial charge on any atom is -0.448 e. The van der Waals surface area contributed by atoms with Gasteiger partial charge in [0.05, 0.1) is 17.4 Å². The van der Waals surface area contributed by atoms with Crippen molar-refractivity contribution in [3.05, 3.63) is 78.2 Å². The average Bonchev–Trinajstić information content (AvgIpc) is 3.65. The molecule has 4 aromatic heterocycles. The Morgan fingerprint density at radius 3 is 2.51 bits per heavy atom. The summed E-state index contributed by atoms with van der Waals surface area (Å²) in [6.45, 7) is 5.00. The lowest BCUT2D eigenvalue weighted by Gasteiger charge is -2.13. The number of oxazole rings is 1. The van der Waals surface area contributed by atoms with Gasteiger partial charge in [0.15, 0.2) is 11.6 Å². The van der Waals surface area contributed by atoms with Crippen LogP contribution in [0.4, 0.5) is 17.6 Å². The first-order chi connectivity index (χ1) is 19.0. The number of benzene rings is 1. The van der Waals surface area contributed by atoms with E-state index in [9.17, 15) is 22.4 Å². The van der Waals surface area contributed by atoms with Crippen molar-refractivity contribution >= 4 is 23.8 Å². The molecule has 0 spiro atoms. The highest BCUT2D eigenvalue weighted by Crippen LogP contribution is 2.32. The molecule has 5 rings (SSSR count). The first-order valence-corrected chi connectivity index (χ1v) is 12.3. The minimum absolute atomic E-state index is 0. The van der Waals surface area contributed by atoms with Gasteiger partial charge in [-0.3, -0.25) is 9.48 Å². The van der Waals surface area contributed by atoms with E-state index in [1.165, 1.54) is 41.6 Å². The first-order valence-electron chi connectivity index (χ1n) is 12.3. The molecule has 0 saturated carbocycles. The monoisotopic (exact) mass is 591 g/mol. The van der Waals surface area contributed by atoms with E-state index in [1.54, 1.807) is 18.3 Å². The van der Waals surface area contributed by atoms with Gasteiger partial charge in [-0.05, 0) is 17.7 Å². The molecule has 1 aromatic carbocycles. The Labute approximate surface area is 238 Å². The Balaban J connectivity index is 0.00000387. The number of nitrogens with one attached hydrogen (secondary N) is 1. The van der Waals surface area contributed by atoms with Crippen LogP contribution in [0, 0.1) is 0 Å². The van der Waals surface area contributed by atoms with E-state index >= 15 is 0 Å². The Morgan fingerprint density at radius 1 is 1.05 bits per heavy atom. The summed E-state index contributed by atoms with van der Waals surface area (Å²) in [7, 11) is 0. The van der Waals surface area contributed by atoms with Crippen LogP contribution in [-0.4, -0.2) is 41.7 Å². The lowest BCUT2D eigenvalue weighted by molar-refractivity contribution is 0.0944. The molecule has 216 valence electrons. The van der Waals surface area contributed by atoms with Crippen LogP contribution in [0.1, 0.15) is 54.7 Å². The number of hydrogen-bond acceptors (Lipinski definition) is 6. The molecule has 0 fully saturated rings. The fourth-order valence-electron chi connectivity index (χ4n) is 4.16. The third-order valence-corrected chi connectivity index (χ3v) is 6.17. The topological polar surface area (TPSA) is 103 Å². The van der Waals surface area contributed by atoms with Crippen molar-refractivity contribution in [3.8, 4) is 22.4 Å². The summed E-state index contributed by atoms with van der Waals surface area (Å²) in [5.74, 6) is -0.152. The van der Waals surface area contributed by atoms with E-state index in [0.717, 1.165) is 4.68 Å². The third kappa shape index (κ3) is 6.40. The van der Waals surface area contributed by atoms with E-state index in [-0.39, 0.29) is 41.2 Å². The molecular formula is C27H26ClF4N7O2. The third-order valence-electron chi connectivity index (χ3n) is 6.17. The van der Waals surface area contributed by atoms with Gasteiger partial charge in [-0.1, -0.05) is 32.9 Å². The number of rotatable bonds is 8. The summed E-state index contributed by atoms with van der Waals surface area (Å²) in [4.78, 5) is 21.1. The lowest BCUT2D eigenvalue weighted by Crippen LogP contribution is -2.24. The van der Waals surface area contributed by atoms with Gasteiger partial charge in [0.25, 0.3) is 18.8 Å². The maximum absolute atomic E-state index is 14.1. The summed E-state index contributed by atoms with van der Waals surface area (Å²) in [6.07, 6.45) is 1.82. The molecule has 1 N–H and O–H groups in total. The fourth-order valence-corrected chi connectivity index (χ4v) is 4.16. The van der Waals surface area contributed by atoms with E-state index in [0.29, 0.717) is 33.8 Å². The molecular weight excluding hydrogens is 566 g/mol. The maximum Gasteiger partial charge on any atom is 0.273 e. The van der Waals surface area contributed by atoms with Crippen molar-refractivity contribution in [1.82, 2.24) is 34.7 Å². The van der Waals surface area contributed by atoms with Crippen LogP contribution in [0.25, 0.3) is 27.9 Å². The second kappa shape index (κ2) is 11.7. The predicted molar refractivity (Wildman–Crippen MR) is 144 cm³/mol. The summed E-state index contributed by atoms with van der Waals surface area (Å²) in [5.41, 5.74) is 2.24. The van der Waals surface area contributed by atoms with Crippen LogP contribution in [0.15, 0.2) is 59.9 Å². The van der Waals surface area contributed by atoms with Gasteiger partial charge in [0, 0.05) is 46.6 Å². The first kappa shape index (κ1) is 29.7. The van der Waals surface area contributed by atoms with Gasteiger partial charge in [-0.25, -0.2) is 32.0 Å². The highest BCUT2D eigenvalue weighted by molar-refractivity contribution is 5.92. The second-order valence-electron chi connectivity index (χ2n) is 10.2. The minimum atomic E-state index is -2.81. The molecule has 0 atom stereocenters. The molecule has 0 bridgehead atoms. The number of aromatic nitrogens is 6. The molecule has 0 saturated heterocycles. The quantitative estimate of drug-likeness (QED) is 0.219. The van der Waals surface area contributed by atoms with Crippen molar-refractivity contribution in [2.45, 2.75) is 52.1 Å². The molecule has 0 radical (unpaired) electrons. The Kier molecular flexibility index (Phi) is 8.47. The maximum atomic E-state index is 14.1. The zero-order valence-corrected chi connectivity index (χ0v) is 23.0. The SMILES string of the molecule is CC(C)(C)c1nc(C(=O)NCc2ccc(-c3ncnn4cc(-c5cnn(CC(F)F)c5)cc34)cc2C(F)F)co1.Cl. The van der Waals surface area contributed by atoms with E-state index in [2.05, 4.69) is 25.5 Å². The largest absolute Gasteiger partial charge is 0.448 e. The van der Waals surface area contributed by atoms with E-state index < -0.39 is 25.3 Å². The smallest absolute Gasteiger partial charge is 0.273 e. The van der Waals surface area contributed by atoms with E-state index in [1.807, 2.05) is 20.8 Å². The summed E-state index contributed by atoms with van der Waals surface area (Å²) >= 11 is 0. The number of nitrogens with zero attached hydrogens (tertiary/aromatic N) is 6. The van der Waals surface area contributed by atoms with Gasteiger partial charge in [0.1, 0.15) is 19.1 Å². The van der Waals surface area contributed by atoms with E-state index in [4.69, 9.17) is 4.42 Å². The van der Waals surface area contributed by atoms with Gasteiger partial charge in [-0.2, -0.15) is 10.2 Å². The van der Waals surface area contributed by atoms with Crippen LogP contribution in [0.5, 0.6) is 0 Å². The number of halogens is 5. The second-order valence-corrected chi connectivity index (χ2v) is 10.2. The van der Waals surface area contributed by atoms with Crippen molar-refractivity contribution in [2.75, 3.05) is 0 Å². The molecule has 0 aliphatic rings. The highest BCUT2D eigenvalue weighted by Gasteiger charge is 2.23. The zero-order valence-electron chi connectivity index (χ0n) is 22.2. The number of carbonyl (C=O) groups excluding carboxylic acids is 1. The van der Waals surface area contributed by atoms with Gasteiger partial charge >= 0.3 is 0 Å². The Morgan fingerprint density at radius 2 is 1.83 bits per heavy atom. The molecule has 5 aromatic rings. The lowest BCUT2D eigenvalue weighted by atomic mass is 9.97. The van der Waals surface area contributed by atoms with Crippen molar-refractivity contribution in [2.24, 2.45) is 0 Å². The van der Waals surface area contributed by atoms with Crippen molar-refractivity contribution in [3.63, 3.8) is 0 Å². The van der Waals surface area contributed by atoms with Gasteiger partial charge in [-0.15, -0.1) is 12.4 Å². The number of alkyl halides is 4. The van der Waals surface area contributed by atoms with Gasteiger partial charge < -0.3 is 9.73 Å². The molecule has 41 heavy (non-hydrogen) atoms. The highest BCUT2D eigenvalue weighted by atomic mass is 35.5. The van der Waals surface area contributed by atoms with Crippen LogP contribution < -0.4 is 5.32 Å². The average molecular weight is 592 g/mol. The van der Waals surface area contributed by atoms with Crippen molar-refractivity contribution in [1.29, 1.82) is 0 Å². The molecule has 1 amide bonds. The van der Waals surface area contributed by atoms with Crippen LogP contribution in [0.3, 0.4) is 0 Å². The van der Waals surface area contributed by atoms with Crippen LogP contribution in [-0.2, 0) is 18.5 Å². The van der Waals surface area contributed by atoms with Gasteiger partial charge in [0.2, 0.25) is 0 Å².